The van der Waals surface area contributed by atoms with E-state index in [2.05, 4.69) is 4.90 Å². The summed E-state index contributed by atoms with van der Waals surface area (Å²) in [7, 11) is 0. The molecule has 6 heteroatoms. The molecule has 0 aromatic carbocycles. The Kier molecular flexibility index (Phi) is 3.83. The Balaban J connectivity index is 1.37. The van der Waals surface area contributed by atoms with Gasteiger partial charge < -0.3 is 14.9 Å². The molecule has 0 aromatic heterocycles. The number of amides is 2. The number of rotatable bonds is 4. The number of hydrogen-bond donors (Lipinski definition) is 1. The molecule has 3 aliphatic rings. The molecule has 20 heavy (non-hydrogen) atoms. The van der Waals surface area contributed by atoms with Crippen LogP contribution in [-0.2, 0) is 4.79 Å². The molecule has 3 fully saturated rings. The maximum absolute atomic E-state index is 12.2. The molecule has 0 aromatic rings. The third kappa shape index (κ3) is 3.23. The summed E-state index contributed by atoms with van der Waals surface area (Å²) in [5.41, 5.74) is 0. The lowest BCUT2D eigenvalue weighted by Crippen LogP contribution is -2.58. The third-order valence-electron chi connectivity index (χ3n) is 4.55. The van der Waals surface area contributed by atoms with Crippen molar-refractivity contribution in [2.45, 2.75) is 19.3 Å². The number of carbonyl (C=O) groups is 2. The van der Waals surface area contributed by atoms with Crippen molar-refractivity contribution in [3.05, 3.63) is 0 Å². The van der Waals surface area contributed by atoms with Crippen LogP contribution >= 0.6 is 0 Å². The molecule has 6 nitrogen and oxygen atoms in total. The van der Waals surface area contributed by atoms with E-state index in [9.17, 15) is 9.59 Å². The van der Waals surface area contributed by atoms with Crippen LogP contribution in [0.25, 0.3) is 0 Å². The van der Waals surface area contributed by atoms with Crippen LogP contribution in [0.15, 0.2) is 0 Å². The smallest absolute Gasteiger partial charge is 0.320 e. The molecule has 2 amide bonds. The first-order valence-corrected chi connectivity index (χ1v) is 7.60. The lowest BCUT2D eigenvalue weighted by molar-refractivity contribution is -0.139. The summed E-state index contributed by atoms with van der Waals surface area (Å²) in [6.45, 7) is 5.99. The van der Waals surface area contributed by atoms with Crippen LogP contribution in [0.2, 0.25) is 0 Å². The summed E-state index contributed by atoms with van der Waals surface area (Å²) >= 11 is 0. The van der Waals surface area contributed by atoms with E-state index < -0.39 is 5.97 Å². The fourth-order valence-corrected chi connectivity index (χ4v) is 3.09. The minimum Gasteiger partial charge on any atom is -0.481 e. The SMILES string of the molecule is O=C(O)CC1CN(C(=O)N2CCN(CC3CC3)CC2)C1. The van der Waals surface area contributed by atoms with Gasteiger partial charge in [0.1, 0.15) is 0 Å². The van der Waals surface area contributed by atoms with Gasteiger partial charge in [-0.25, -0.2) is 4.79 Å². The predicted octanol–water partition coefficient (Wildman–Crippen LogP) is 0.540. The van der Waals surface area contributed by atoms with Crippen LogP contribution in [0.3, 0.4) is 0 Å². The lowest BCUT2D eigenvalue weighted by Gasteiger charge is -2.43. The Morgan fingerprint density at radius 3 is 2.15 bits per heavy atom. The largest absolute Gasteiger partial charge is 0.481 e. The number of carbonyl (C=O) groups excluding carboxylic acids is 1. The van der Waals surface area contributed by atoms with Gasteiger partial charge in [0.15, 0.2) is 0 Å². The van der Waals surface area contributed by atoms with Gasteiger partial charge in [-0.15, -0.1) is 0 Å². The lowest BCUT2D eigenvalue weighted by atomic mass is 9.97. The molecule has 2 heterocycles. The number of likely N-dealkylation sites (tertiary alicyclic amines) is 1. The van der Waals surface area contributed by atoms with E-state index in [-0.39, 0.29) is 18.4 Å². The van der Waals surface area contributed by atoms with Gasteiger partial charge in [-0.05, 0) is 18.8 Å². The van der Waals surface area contributed by atoms with E-state index in [0.29, 0.717) is 13.1 Å². The van der Waals surface area contributed by atoms with Crippen LogP contribution < -0.4 is 0 Å². The Morgan fingerprint density at radius 1 is 0.950 bits per heavy atom. The normalized spacial score (nSPS) is 24.6. The maximum atomic E-state index is 12.2. The van der Waals surface area contributed by atoms with E-state index in [1.165, 1.54) is 19.4 Å². The van der Waals surface area contributed by atoms with E-state index in [1.54, 1.807) is 4.90 Å². The first kappa shape index (κ1) is 13.7. The summed E-state index contributed by atoms with van der Waals surface area (Å²) in [6.07, 6.45) is 2.93. The van der Waals surface area contributed by atoms with Crippen molar-refractivity contribution in [3.8, 4) is 0 Å². The van der Waals surface area contributed by atoms with Crippen LogP contribution in [-0.4, -0.2) is 77.6 Å². The quantitative estimate of drug-likeness (QED) is 0.817. The fraction of sp³-hybridized carbons (Fsp3) is 0.857. The highest BCUT2D eigenvalue weighted by molar-refractivity contribution is 5.76. The second-order valence-electron chi connectivity index (χ2n) is 6.38. The molecule has 3 rings (SSSR count). The van der Waals surface area contributed by atoms with Crippen LogP contribution in [0.4, 0.5) is 4.79 Å². The molecular weight excluding hydrogens is 258 g/mol. The van der Waals surface area contributed by atoms with Gasteiger partial charge in [-0.1, -0.05) is 0 Å². The molecule has 0 spiro atoms. The highest BCUT2D eigenvalue weighted by Gasteiger charge is 2.35. The Labute approximate surface area is 119 Å². The first-order chi connectivity index (χ1) is 9.61. The minimum atomic E-state index is -0.768. The molecule has 2 aliphatic heterocycles. The number of hydrogen-bond acceptors (Lipinski definition) is 3. The molecule has 1 N–H and O–H groups in total. The second-order valence-corrected chi connectivity index (χ2v) is 6.38. The molecule has 1 aliphatic carbocycles. The van der Waals surface area contributed by atoms with Gasteiger partial charge in [0.05, 0.1) is 6.42 Å². The number of nitrogens with zero attached hydrogens (tertiary/aromatic N) is 3. The van der Waals surface area contributed by atoms with Crippen LogP contribution in [0, 0.1) is 11.8 Å². The van der Waals surface area contributed by atoms with Gasteiger partial charge in [0, 0.05) is 51.7 Å². The Hall–Kier alpha value is -1.30. The fourth-order valence-electron chi connectivity index (χ4n) is 3.09. The molecule has 0 unspecified atom stereocenters. The number of carboxylic acids is 1. The van der Waals surface area contributed by atoms with Crippen molar-refractivity contribution in [1.82, 2.24) is 14.7 Å². The number of urea groups is 1. The molecule has 2 saturated heterocycles. The molecular formula is C14H23N3O3. The highest BCUT2D eigenvalue weighted by atomic mass is 16.4. The van der Waals surface area contributed by atoms with Crippen molar-refractivity contribution in [1.29, 1.82) is 0 Å². The van der Waals surface area contributed by atoms with Crippen molar-refractivity contribution in [3.63, 3.8) is 0 Å². The maximum Gasteiger partial charge on any atom is 0.320 e. The standard InChI is InChI=1S/C14H23N3O3/c18-13(19)7-12-9-17(10-12)14(20)16-5-3-15(4-6-16)8-11-1-2-11/h11-12H,1-10H2,(H,18,19). The van der Waals surface area contributed by atoms with Gasteiger partial charge in [-0.3, -0.25) is 9.69 Å². The molecule has 112 valence electrons. The summed E-state index contributed by atoms with van der Waals surface area (Å²) in [5, 5.41) is 8.71. The summed E-state index contributed by atoms with van der Waals surface area (Å²) in [5.74, 6) is 0.285. The molecule has 0 atom stereocenters. The number of carboxylic acid groups (broad SMARTS) is 1. The van der Waals surface area contributed by atoms with Gasteiger partial charge in [0.25, 0.3) is 0 Å². The van der Waals surface area contributed by atoms with E-state index in [1.807, 2.05) is 4.90 Å². The first-order valence-electron chi connectivity index (χ1n) is 7.60. The average Bonchev–Trinajstić information content (AvgIpc) is 3.17. The van der Waals surface area contributed by atoms with E-state index in [0.717, 1.165) is 32.1 Å². The van der Waals surface area contributed by atoms with Gasteiger partial charge in [-0.2, -0.15) is 0 Å². The minimum absolute atomic E-state index is 0.0951. The van der Waals surface area contributed by atoms with Crippen LogP contribution in [0.5, 0.6) is 0 Å². The number of piperazine rings is 1. The van der Waals surface area contributed by atoms with E-state index in [4.69, 9.17) is 5.11 Å². The third-order valence-corrected chi connectivity index (χ3v) is 4.55. The highest BCUT2D eigenvalue weighted by Crippen LogP contribution is 2.30. The molecule has 1 saturated carbocycles. The predicted molar refractivity (Wildman–Crippen MR) is 73.4 cm³/mol. The van der Waals surface area contributed by atoms with Gasteiger partial charge >= 0.3 is 12.0 Å². The van der Waals surface area contributed by atoms with Crippen molar-refractivity contribution < 1.29 is 14.7 Å². The zero-order valence-corrected chi connectivity index (χ0v) is 11.8. The summed E-state index contributed by atoms with van der Waals surface area (Å²) in [6, 6.07) is 0.0951. The van der Waals surface area contributed by atoms with E-state index >= 15 is 0 Å². The zero-order chi connectivity index (χ0) is 14.1. The monoisotopic (exact) mass is 281 g/mol. The van der Waals surface area contributed by atoms with Crippen molar-refractivity contribution >= 4 is 12.0 Å². The van der Waals surface area contributed by atoms with Crippen molar-refractivity contribution in [2.24, 2.45) is 11.8 Å². The van der Waals surface area contributed by atoms with Gasteiger partial charge in [0.2, 0.25) is 0 Å². The number of aliphatic carboxylic acids is 1. The average molecular weight is 281 g/mol. The molecule has 0 radical (unpaired) electrons. The Bertz CT molecular complexity index is 383. The summed E-state index contributed by atoms with van der Waals surface area (Å²) in [4.78, 5) is 29.0. The topological polar surface area (TPSA) is 64.1 Å². The summed E-state index contributed by atoms with van der Waals surface area (Å²) < 4.78 is 0. The molecule has 0 bridgehead atoms. The van der Waals surface area contributed by atoms with Crippen LogP contribution in [0.1, 0.15) is 19.3 Å². The van der Waals surface area contributed by atoms with Crippen molar-refractivity contribution in [2.75, 3.05) is 45.8 Å². The second kappa shape index (κ2) is 5.60. The zero-order valence-electron chi connectivity index (χ0n) is 11.8. The Morgan fingerprint density at radius 2 is 1.60 bits per heavy atom.